The molecule has 6 fully saturated rings. The van der Waals surface area contributed by atoms with E-state index in [9.17, 15) is 28.8 Å². The minimum atomic E-state index is -0.896. The molecule has 4 heterocycles. The van der Waals surface area contributed by atoms with E-state index in [1.54, 1.807) is 22.2 Å². The fourth-order valence-electron chi connectivity index (χ4n) is 10.1. The van der Waals surface area contributed by atoms with Gasteiger partial charge < -0.3 is 39.9 Å². The van der Waals surface area contributed by atoms with Gasteiger partial charge in [-0.05, 0) is 110 Å². The number of ketones is 2. The highest BCUT2D eigenvalue weighted by Gasteiger charge is 2.58. The number of piperidine rings is 2. The van der Waals surface area contributed by atoms with Gasteiger partial charge in [-0.3, -0.25) is 19.2 Å². The fraction of sp³-hybridized carbons (Fsp3) is 0.458. The van der Waals surface area contributed by atoms with Gasteiger partial charge in [0.25, 0.3) is 11.8 Å². The molecular formula is C48H50N8O8. The topological polar surface area (TPSA) is 209 Å². The van der Waals surface area contributed by atoms with Crippen LogP contribution in [0, 0.1) is 35.5 Å². The SMILES string of the molecule is COC(=O)N[C@H](C(=O)C(=O)N1[C@@H](c2ncc(-c3ccc(C#Cc4ccc(-c5cnc([C@@H]6C[C@H]7C[C@H]7N6C(=O)C(=O)[C@H](NC(=O)OC)C6CCC6)[nH]5)cc4)cc3)[nH]2)C[C@H]2C[C@H]21)C1CCC1. The quantitative estimate of drug-likeness (QED) is 0.106. The number of imidazole rings is 2. The molecule has 64 heavy (non-hydrogen) atoms. The Morgan fingerprint density at radius 2 is 1.00 bits per heavy atom. The number of amides is 4. The number of benzene rings is 2. The lowest BCUT2D eigenvalue weighted by atomic mass is 9.78. The van der Waals surface area contributed by atoms with Crippen molar-refractivity contribution in [3.8, 4) is 34.4 Å². The number of alkyl carbamates (subject to hydrolysis) is 2. The molecule has 4 aromatic rings. The van der Waals surface area contributed by atoms with Crippen molar-refractivity contribution in [1.29, 1.82) is 0 Å². The largest absolute Gasteiger partial charge is 0.453 e. The number of aromatic amines is 2. The van der Waals surface area contributed by atoms with Gasteiger partial charge in [-0.1, -0.05) is 48.9 Å². The van der Waals surface area contributed by atoms with Crippen LogP contribution in [-0.2, 0) is 28.7 Å². The van der Waals surface area contributed by atoms with Crippen molar-refractivity contribution in [2.75, 3.05) is 14.2 Å². The van der Waals surface area contributed by atoms with E-state index in [4.69, 9.17) is 9.47 Å². The molecule has 0 bridgehead atoms. The Bertz CT molecular complexity index is 2390. The second-order valence-corrected chi connectivity index (χ2v) is 18.2. The van der Waals surface area contributed by atoms with Crippen LogP contribution < -0.4 is 10.6 Å². The predicted molar refractivity (Wildman–Crippen MR) is 230 cm³/mol. The lowest BCUT2D eigenvalue weighted by molar-refractivity contribution is -0.148. The number of likely N-dealkylation sites (tertiary alicyclic amines) is 2. The van der Waals surface area contributed by atoms with Crippen LogP contribution in [0.5, 0.6) is 0 Å². The number of methoxy groups -OCH3 is 2. The Labute approximate surface area is 369 Å². The number of H-pyrrole nitrogens is 2. The number of nitrogens with one attached hydrogen (secondary N) is 4. The summed E-state index contributed by atoms with van der Waals surface area (Å²) in [6.45, 7) is 0. The van der Waals surface area contributed by atoms with Gasteiger partial charge in [0.2, 0.25) is 11.6 Å². The number of hydrogen-bond donors (Lipinski definition) is 4. The van der Waals surface area contributed by atoms with Crippen molar-refractivity contribution in [3.63, 3.8) is 0 Å². The molecule has 16 nitrogen and oxygen atoms in total. The van der Waals surface area contributed by atoms with Gasteiger partial charge in [0.05, 0.1) is 50.1 Å². The summed E-state index contributed by atoms with van der Waals surface area (Å²) in [6, 6.07) is 13.1. The fourth-order valence-corrected chi connectivity index (χ4v) is 10.1. The average Bonchev–Trinajstić information content (AvgIpc) is 3.86. The van der Waals surface area contributed by atoms with Crippen LogP contribution in [0.15, 0.2) is 60.9 Å². The van der Waals surface area contributed by atoms with Crippen molar-refractivity contribution >= 4 is 35.6 Å². The Balaban J connectivity index is 0.769. The summed E-state index contributed by atoms with van der Waals surface area (Å²) in [4.78, 5) is 98.2. The lowest BCUT2D eigenvalue weighted by Gasteiger charge is -2.34. The molecule has 6 aliphatic rings. The van der Waals surface area contributed by atoms with E-state index in [2.05, 4.69) is 42.4 Å². The number of ether oxygens (including phenoxy) is 2. The maximum Gasteiger partial charge on any atom is 0.407 e. The summed E-state index contributed by atoms with van der Waals surface area (Å²) in [6.07, 6.45) is 10.2. The number of fused-ring (bicyclic) bond motifs is 2. The average molecular weight is 867 g/mol. The van der Waals surface area contributed by atoms with Crippen LogP contribution in [0.3, 0.4) is 0 Å². The Morgan fingerprint density at radius 3 is 1.34 bits per heavy atom. The number of nitrogens with zero attached hydrogens (tertiary/aromatic N) is 4. The molecule has 4 N–H and O–H groups in total. The zero-order chi connectivity index (χ0) is 44.2. The highest BCUT2D eigenvalue weighted by molar-refractivity contribution is 6.39. The first-order valence-corrected chi connectivity index (χ1v) is 22.3. The highest BCUT2D eigenvalue weighted by Crippen LogP contribution is 2.54. The molecule has 2 aromatic carbocycles. The van der Waals surface area contributed by atoms with Crippen molar-refractivity contribution in [1.82, 2.24) is 40.4 Å². The van der Waals surface area contributed by atoms with E-state index in [-0.39, 0.29) is 36.0 Å². The summed E-state index contributed by atoms with van der Waals surface area (Å²) >= 11 is 0. The van der Waals surface area contributed by atoms with E-state index in [0.717, 1.165) is 97.8 Å². The Kier molecular flexibility index (Phi) is 10.8. The molecule has 4 aliphatic carbocycles. The smallest absolute Gasteiger partial charge is 0.407 e. The second kappa shape index (κ2) is 16.7. The molecule has 16 heteroatoms. The van der Waals surface area contributed by atoms with Crippen LogP contribution >= 0.6 is 0 Å². The van der Waals surface area contributed by atoms with E-state index in [0.29, 0.717) is 23.5 Å². The second-order valence-electron chi connectivity index (χ2n) is 18.2. The van der Waals surface area contributed by atoms with Crippen molar-refractivity contribution in [3.05, 3.63) is 83.7 Å². The summed E-state index contributed by atoms with van der Waals surface area (Å²) < 4.78 is 9.50. The molecule has 2 aromatic heterocycles. The number of aromatic nitrogens is 4. The van der Waals surface area contributed by atoms with Crippen LogP contribution in [0.25, 0.3) is 22.5 Å². The van der Waals surface area contributed by atoms with Gasteiger partial charge in [-0.2, -0.15) is 0 Å². The third-order valence-electron chi connectivity index (χ3n) is 14.4. The third-order valence-corrected chi connectivity index (χ3v) is 14.4. The van der Waals surface area contributed by atoms with Gasteiger partial charge in [-0.25, -0.2) is 19.6 Å². The van der Waals surface area contributed by atoms with Crippen LogP contribution in [0.2, 0.25) is 0 Å². The van der Waals surface area contributed by atoms with Gasteiger partial charge in [0, 0.05) is 23.2 Å². The van der Waals surface area contributed by atoms with Crippen LogP contribution in [-0.4, -0.2) is 104 Å². The molecule has 330 valence electrons. The predicted octanol–water partition coefficient (Wildman–Crippen LogP) is 5.38. The number of carbonyl (C=O) groups excluding carboxylic acids is 6. The molecular weight excluding hydrogens is 817 g/mol. The molecule has 0 spiro atoms. The van der Waals surface area contributed by atoms with Gasteiger partial charge in [0.15, 0.2) is 0 Å². The minimum absolute atomic E-state index is 0.00569. The zero-order valence-corrected chi connectivity index (χ0v) is 35.7. The monoisotopic (exact) mass is 866 g/mol. The van der Waals surface area contributed by atoms with Crippen LogP contribution in [0.1, 0.15) is 99.1 Å². The van der Waals surface area contributed by atoms with E-state index >= 15 is 0 Å². The highest BCUT2D eigenvalue weighted by atomic mass is 16.5. The van der Waals surface area contributed by atoms with Crippen molar-refractivity contribution in [2.45, 2.75) is 100 Å². The molecule has 8 atom stereocenters. The molecule has 0 unspecified atom stereocenters. The number of Topliss-reactive ketones (excluding diaryl/α,β-unsaturated/α-hetero) is 2. The summed E-state index contributed by atoms with van der Waals surface area (Å²) in [5, 5.41) is 5.24. The zero-order valence-electron chi connectivity index (χ0n) is 35.7. The number of rotatable bonds is 12. The first kappa shape index (κ1) is 41.3. The molecule has 4 saturated carbocycles. The third kappa shape index (κ3) is 7.81. The van der Waals surface area contributed by atoms with Crippen molar-refractivity contribution < 1.29 is 38.2 Å². The normalized spacial score (nSPS) is 25.0. The first-order valence-electron chi connectivity index (χ1n) is 22.3. The van der Waals surface area contributed by atoms with Gasteiger partial charge in [0.1, 0.15) is 23.7 Å². The maximum absolute atomic E-state index is 13.7. The standard InChI is InChI=1S/C48H50N8O8/c1-63-47(61)53-39(29-5-3-6-29)41(57)45(59)55-35-19-31(35)21-37(55)43-49-23-33(51-43)27-15-11-25(12-16-27)9-10-26-13-17-28(18-14-26)34-24-50-44(52-34)38-22-32-20-36(32)56(38)46(60)42(58)40(30-7-4-8-30)54-48(62)64-2/h11-18,23-24,29-32,35-40H,3-8,19-22H2,1-2H3,(H,49,51)(H,50,52)(H,53,61)(H,54,62)/t31-,32-,35-,36-,37-,38+,39+,40-/m1/s1. The summed E-state index contributed by atoms with van der Waals surface area (Å²) in [7, 11) is 2.49. The van der Waals surface area contributed by atoms with Gasteiger partial charge >= 0.3 is 12.2 Å². The van der Waals surface area contributed by atoms with Crippen LogP contribution in [0.4, 0.5) is 9.59 Å². The Hall–Kier alpha value is -6.76. The minimum Gasteiger partial charge on any atom is -0.453 e. The first-order chi connectivity index (χ1) is 31.1. The summed E-state index contributed by atoms with van der Waals surface area (Å²) in [5.41, 5.74) is 5.03. The molecule has 2 saturated heterocycles. The molecule has 0 radical (unpaired) electrons. The molecule has 4 amide bonds. The van der Waals surface area contributed by atoms with E-state index in [1.807, 2.05) is 48.5 Å². The summed E-state index contributed by atoms with van der Waals surface area (Å²) in [5.74, 6) is 5.88. The van der Waals surface area contributed by atoms with E-state index in [1.165, 1.54) is 14.2 Å². The number of hydrogen-bond acceptors (Lipinski definition) is 10. The molecule has 2 aliphatic heterocycles. The van der Waals surface area contributed by atoms with E-state index < -0.39 is 47.7 Å². The Morgan fingerprint density at radius 1 is 0.609 bits per heavy atom. The van der Waals surface area contributed by atoms with Gasteiger partial charge in [-0.15, -0.1) is 0 Å². The molecule has 10 rings (SSSR count). The number of carbonyl (C=O) groups is 6. The van der Waals surface area contributed by atoms with Crippen molar-refractivity contribution in [2.24, 2.45) is 23.7 Å². The lowest BCUT2D eigenvalue weighted by Crippen LogP contribution is -2.54. The maximum atomic E-state index is 13.7.